The van der Waals surface area contributed by atoms with E-state index in [1.807, 2.05) is 6.92 Å². The smallest absolute Gasteiger partial charge is 0.308 e. The fourth-order valence-corrected chi connectivity index (χ4v) is 3.79. The van der Waals surface area contributed by atoms with E-state index in [9.17, 15) is 4.79 Å². The normalized spacial score (nSPS) is 22.6. The number of carbonyl (C=O) groups excluding carboxylic acids is 1. The predicted octanol–water partition coefficient (Wildman–Crippen LogP) is 3.68. The van der Waals surface area contributed by atoms with E-state index < -0.39 is 0 Å². The highest BCUT2D eigenvalue weighted by molar-refractivity contribution is 5.79. The first-order valence-corrected chi connectivity index (χ1v) is 8.70. The number of rotatable bonds is 5. The number of benzene rings is 2. The van der Waals surface area contributed by atoms with Crippen LogP contribution in [0.15, 0.2) is 48.5 Å². The molecule has 0 aromatic heterocycles. The van der Waals surface area contributed by atoms with Crippen molar-refractivity contribution in [2.24, 2.45) is 5.92 Å². The molecule has 24 heavy (non-hydrogen) atoms. The zero-order chi connectivity index (χ0) is 16.7. The average molecular weight is 321 g/mol. The van der Waals surface area contributed by atoms with Crippen molar-refractivity contribution in [1.29, 1.82) is 0 Å². The van der Waals surface area contributed by atoms with Gasteiger partial charge in [-0.05, 0) is 35.7 Å². The summed E-state index contributed by atoms with van der Waals surface area (Å²) in [5, 5.41) is 0. The minimum atomic E-state index is -0.0721. The van der Waals surface area contributed by atoms with Crippen molar-refractivity contribution in [3.05, 3.63) is 59.7 Å². The number of hydrogen-bond acceptors (Lipinski definition) is 3. The molecule has 0 N–H and O–H groups in total. The first-order chi connectivity index (χ1) is 11.6. The Labute approximate surface area is 143 Å². The standard InChI is InChI=1S/C21H23NO2/c1-14(11-15-12-22(15)2)21(23)24-13-20-18-9-5-3-7-16(18)17-8-4-6-10-19(17)20/h3-10,14-15,20H,11-13H2,1-2H3. The molecule has 0 saturated carbocycles. The molecule has 1 aliphatic carbocycles. The second-order valence-electron chi connectivity index (χ2n) is 7.09. The molecule has 124 valence electrons. The molecule has 0 bridgehead atoms. The maximum atomic E-state index is 12.4. The van der Waals surface area contributed by atoms with Crippen molar-refractivity contribution < 1.29 is 9.53 Å². The van der Waals surface area contributed by atoms with E-state index in [0.717, 1.165) is 13.0 Å². The second kappa shape index (κ2) is 6.06. The molecular weight excluding hydrogens is 298 g/mol. The van der Waals surface area contributed by atoms with E-state index in [-0.39, 0.29) is 17.8 Å². The third kappa shape index (κ3) is 2.73. The molecule has 2 aromatic rings. The van der Waals surface area contributed by atoms with Gasteiger partial charge in [-0.1, -0.05) is 55.5 Å². The van der Waals surface area contributed by atoms with Crippen molar-refractivity contribution in [1.82, 2.24) is 4.90 Å². The highest BCUT2D eigenvalue weighted by Crippen LogP contribution is 2.44. The van der Waals surface area contributed by atoms with Gasteiger partial charge in [0, 0.05) is 18.5 Å². The van der Waals surface area contributed by atoms with Gasteiger partial charge in [-0.15, -0.1) is 0 Å². The van der Waals surface area contributed by atoms with Crippen LogP contribution in [0, 0.1) is 5.92 Å². The Morgan fingerprint density at radius 1 is 1.12 bits per heavy atom. The summed E-state index contributed by atoms with van der Waals surface area (Å²) in [6, 6.07) is 17.4. The Hall–Kier alpha value is -2.13. The maximum absolute atomic E-state index is 12.4. The van der Waals surface area contributed by atoms with Gasteiger partial charge in [0.05, 0.1) is 5.92 Å². The lowest BCUT2D eigenvalue weighted by atomic mass is 9.98. The van der Waals surface area contributed by atoms with Crippen LogP contribution < -0.4 is 0 Å². The molecule has 3 heteroatoms. The summed E-state index contributed by atoms with van der Waals surface area (Å²) in [5.41, 5.74) is 5.06. The Balaban J connectivity index is 1.47. The van der Waals surface area contributed by atoms with Gasteiger partial charge < -0.3 is 9.64 Å². The van der Waals surface area contributed by atoms with E-state index in [1.54, 1.807) is 0 Å². The minimum Gasteiger partial charge on any atom is -0.464 e. The fraction of sp³-hybridized carbons (Fsp3) is 0.381. The summed E-state index contributed by atoms with van der Waals surface area (Å²) in [4.78, 5) is 14.6. The van der Waals surface area contributed by atoms with Crippen molar-refractivity contribution in [3.63, 3.8) is 0 Å². The van der Waals surface area contributed by atoms with Crippen molar-refractivity contribution >= 4 is 5.97 Å². The molecular formula is C21H23NO2. The molecule has 3 nitrogen and oxygen atoms in total. The molecule has 1 saturated heterocycles. The van der Waals surface area contributed by atoms with E-state index in [2.05, 4.69) is 60.5 Å². The lowest BCUT2D eigenvalue weighted by molar-refractivity contribution is -0.148. The molecule has 0 amide bonds. The molecule has 2 aliphatic rings. The van der Waals surface area contributed by atoms with Gasteiger partial charge >= 0.3 is 5.97 Å². The van der Waals surface area contributed by atoms with Crippen LogP contribution in [0.5, 0.6) is 0 Å². The number of hydrogen-bond donors (Lipinski definition) is 0. The Bertz CT molecular complexity index is 724. The molecule has 2 aromatic carbocycles. The first kappa shape index (κ1) is 15.4. The number of fused-ring (bicyclic) bond motifs is 3. The van der Waals surface area contributed by atoms with Gasteiger partial charge in [0.15, 0.2) is 0 Å². The molecule has 0 radical (unpaired) electrons. The monoisotopic (exact) mass is 321 g/mol. The second-order valence-corrected chi connectivity index (χ2v) is 7.09. The summed E-state index contributed by atoms with van der Waals surface area (Å²) >= 11 is 0. The van der Waals surface area contributed by atoms with Crippen LogP contribution >= 0.6 is 0 Å². The predicted molar refractivity (Wildman–Crippen MR) is 94.9 cm³/mol. The number of nitrogens with zero attached hydrogens (tertiary/aromatic N) is 1. The largest absolute Gasteiger partial charge is 0.464 e. The maximum Gasteiger partial charge on any atom is 0.308 e. The highest BCUT2D eigenvalue weighted by atomic mass is 16.5. The molecule has 1 heterocycles. The topological polar surface area (TPSA) is 29.3 Å². The van der Waals surface area contributed by atoms with Gasteiger partial charge in [0.25, 0.3) is 0 Å². The zero-order valence-corrected chi connectivity index (χ0v) is 14.2. The van der Waals surface area contributed by atoms with Crippen LogP contribution in [0.4, 0.5) is 0 Å². The van der Waals surface area contributed by atoms with E-state index in [0.29, 0.717) is 12.6 Å². The summed E-state index contributed by atoms with van der Waals surface area (Å²) in [5.74, 6) is 0.0427. The number of likely N-dealkylation sites (N-methyl/N-ethyl adjacent to an activating group) is 1. The number of esters is 1. The van der Waals surface area contributed by atoms with Crippen LogP contribution in [0.2, 0.25) is 0 Å². The minimum absolute atomic E-state index is 0.0353. The SMILES string of the molecule is CC(CC1CN1C)C(=O)OCC1c2ccccc2-c2ccccc21. The highest BCUT2D eigenvalue weighted by Gasteiger charge is 2.34. The first-order valence-electron chi connectivity index (χ1n) is 8.70. The lowest BCUT2D eigenvalue weighted by Gasteiger charge is -2.16. The number of ether oxygens (including phenoxy) is 1. The molecule has 1 aliphatic heterocycles. The van der Waals surface area contributed by atoms with E-state index in [4.69, 9.17) is 4.74 Å². The summed E-state index contributed by atoms with van der Waals surface area (Å²) < 4.78 is 5.71. The zero-order valence-electron chi connectivity index (χ0n) is 14.2. The van der Waals surface area contributed by atoms with Gasteiger partial charge in [0.1, 0.15) is 6.61 Å². The fourth-order valence-electron chi connectivity index (χ4n) is 3.79. The third-order valence-corrected chi connectivity index (χ3v) is 5.37. The molecule has 4 rings (SSSR count). The average Bonchev–Trinajstić information content (AvgIpc) is 3.19. The Morgan fingerprint density at radius 2 is 1.67 bits per heavy atom. The van der Waals surface area contributed by atoms with Crippen LogP contribution in [0.25, 0.3) is 11.1 Å². The van der Waals surface area contributed by atoms with E-state index in [1.165, 1.54) is 22.3 Å². The van der Waals surface area contributed by atoms with Crippen LogP contribution in [-0.2, 0) is 9.53 Å². The lowest BCUT2D eigenvalue weighted by Crippen LogP contribution is -2.20. The summed E-state index contributed by atoms with van der Waals surface area (Å²) in [7, 11) is 2.09. The van der Waals surface area contributed by atoms with Gasteiger partial charge in [-0.3, -0.25) is 4.79 Å². The summed E-state index contributed by atoms with van der Waals surface area (Å²) in [6.07, 6.45) is 0.896. The van der Waals surface area contributed by atoms with Gasteiger partial charge in [-0.25, -0.2) is 0 Å². The number of carbonyl (C=O) groups is 1. The third-order valence-electron chi connectivity index (χ3n) is 5.37. The molecule has 0 spiro atoms. The van der Waals surface area contributed by atoms with Crippen molar-refractivity contribution in [3.8, 4) is 11.1 Å². The van der Waals surface area contributed by atoms with Crippen LogP contribution in [0.1, 0.15) is 30.4 Å². The molecule has 3 atom stereocenters. The van der Waals surface area contributed by atoms with Crippen LogP contribution in [0.3, 0.4) is 0 Å². The summed E-state index contributed by atoms with van der Waals surface area (Å²) in [6.45, 7) is 3.50. The van der Waals surface area contributed by atoms with Crippen LogP contribution in [-0.4, -0.2) is 37.1 Å². The molecule has 3 unspecified atom stereocenters. The van der Waals surface area contributed by atoms with E-state index >= 15 is 0 Å². The van der Waals surface area contributed by atoms with Crippen molar-refractivity contribution in [2.45, 2.75) is 25.3 Å². The van der Waals surface area contributed by atoms with Gasteiger partial charge in [0.2, 0.25) is 0 Å². The Kier molecular flexibility index (Phi) is 3.89. The van der Waals surface area contributed by atoms with Crippen molar-refractivity contribution in [2.75, 3.05) is 20.2 Å². The Morgan fingerprint density at radius 3 is 2.21 bits per heavy atom. The quantitative estimate of drug-likeness (QED) is 0.621. The molecule has 1 fully saturated rings. The van der Waals surface area contributed by atoms with Gasteiger partial charge in [-0.2, -0.15) is 0 Å².